The second kappa shape index (κ2) is 2.96. The number of carboxylic acid groups (broad SMARTS) is 1. The quantitative estimate of drug-likeness (QED) is 0.693. The van der Waals surface area contributed by atoms with Crippen LogP contribution in [-0.2, 0) is 4.79 Å². The van der Waals surface area contributed by atoms with Crippen molar-refractivity contribution in [3.63, 3.8) is 0 Å². The van der Waals surface area contributed by atoms with Crippen LogP contribution in [0.4, 0.5) is 0 Å². The molecule has 1 heterocycles. The van der Waals surface area contributed by atoms with Crippen LogP contribution in [0.15, 0.2) is 17.8 Å². The maximum Gasteiger partial charge on any atom is 0.307 e. The summed E-state index contributed by atoms with van der Waals surface area (Å²) < 4.78 is 1.48. The molecule has 0 unspecified atom stereocenters. The van der Waals surface area contributed by atoms with E-state index in [-0.39, 0.29) is 5.92 Å². The second-order valence-electron chi connectivity index (χ2n) is 2.95. The van der Waals surface area contributed by atoms with Gasteiger partial charge in [-0.25, -0.2) is 4.68 Å². The third-order valence-corrected chi connectivity index (χ3v) is 1.98. The number of rotatable bonds is 2. The lowest BCUT2D eigenvalue weighted by molar-refractivity contribution is -0.142. The van der Waals surface area contributed by atoms with E-state index >= 15 is 0 Å². The van der Waals surface area contributed by atoms with E-state index in [1.54, 1.807) is 0 Å². The van der Waals surface area contributed by atoms with Gasteiger partial charge in [0.2, 0.25) is 0 Å². The molecule has 1 aliphatic carbocycles. The van der Waals surface area contributed by atoms with E-state index < -0.39 is 5.97 Å². The molecule has 0 atom stereocenters. The van der Waals surface area contributed by atoms with Crippen molar-refractivity contribution >= 4 is 11.7 Å². The first kappa shape index (κ1) is 7.90. The molecule has 0 amide bonds. The molecule has 0 aromatic carbocycles. The van der Waals surface area contributed by atoms with Gasteiger partial charge in [0.15, 0.2) is 0 Å². The van der Waals surface area contributed by atoms with Crippen LogP contribution in [0.3, 0.4) is 0 Å². The Morgan fingerprint density at radius 2 is 2.15 bits per heavy atom. The van der Waals surface area contributed by atoms with Gasteiger partial charge in [-0.3, -0.25) is 4.79 Å². The summed E-state index contributed by atoms with van der Waals surface area (Å²) in [6, 6.07) is 0. The number of aliphatic carboxylic acids is 1. The first-order valence-corrected chi connectivity index (χ1v) is 3.90. The summed E-state index contributed by atoms with van der Waals surface area (Å²) in [5.74, 6) is -1.00. The second-order valence-corrected chi connectivity index (χ2v) is 2.95. The fraction of sp³-hybridized carbons (Fsp3) is 0.429. The van der Waals surface area contributed by atoms with Gasteiger partial charge < -0.3 is 5.11 Å². The van der Waals surface area contributed by atoms with E-state index in [1.165, 1.54) is 17.3 Å². The molecule has 1 saturated carbocycles. The van der Waals surface area contributed by atoms with Gasteiger partial charge in [-0.15, -0.1) is 10.2 Å². The molecule has 1 N–H and O–H groups in total. The van der Waals surface area contributed by atoms with Crippen molar-refractivity contribution in [1.82, 2.24) is 14.9 Å². The van der Waals surface area contributed by atoms with Crippen molar-refractivity contribution < 1.29 is 9.90 Å². The number of hydrogen-bond donors (Lipinski definition) is 1. The third kappa shape index (κ3) is 1.56. The van der Waals surface area contributed by atoms with Gasteiger partial charge in [0.25, 0.3) is 0 Å². The van der Waals surface area contributed by atoms with Crippen LogP contribution in [-0.4, -0.2) is 31.7 Å². The Bertz CT molecular complexity index is 335. The zero-order valence-corrected chi connectivity index (χ0v) is 6.79. The molecule has 1 aliphatic rings. The van der Waals surface area contributed by atoms with E-state index in [0.29, 0.717) is 12.8 Å². The summed E-state index contributed by atoms with van der Waals surface area (Å²) >= 11 is 0. The highest BCUT2D eigenvalue weighted by atomic mass is 16.4. The fourth-order valence-electron chi connectivity index (χ4n) is 1.18. The predicted octanol–water partition coefficient (Wildman–Crippen LogP) is -0.0232. The molecule has 1 fully saturated rings. The van der Waals surface area contributed by atoms with Crippen LogP contribution in [0.5, 0.6) is 0 Å². The minimum absolute atomic E-state index is 0.254. The van der Waals surface area contributed by atoms with Crippen molar-refractivity contribution in [2.75, 3.05) is 0 Å². The standard InChI is InChI=1S/C7H8N4O2/c12-7(13)5-1-6(2-5)10-11-3-8-9-4-11/h3-5H,1-2H2,(H,12,13). The lowest BCUT2D eigenvalue weighted by Gasteiger charge is -2.23. The fourth-order valence-corrected chi connectivity index (χ4v) is 1.18. The van der Waals surface area contributed by atoms with Crippen LogP contribution in [0.2, 0.25) is 0 Å². The number of carboxylic acids is 1. The summed E-state index contributed by atoms with van der Waals surface area (Å²) in [4.78, 5) is 10.4. The maximum atomic E-state index is 10.4. The lowest BCUT2D eigenvalue weighted by atomic mass is 9.83. The summed E-state index contributed by atoms with van der Waals surface area (Å²) in [6.07, 6.45) is 4.02. The Morgan fingerprint density at radius 1 is 1.54 bits per heavy atom. The third-order valence-electron chi connectivity index (χ3n) is 1.98. The van der Waals surface area contributed by atoms with Crippen LogP contribution in [0, 0.1) is 5.92 Å². The Balaban J connectivity index is 1.97. The topological polar surface area (TPSA) is 80.4 Å². The average Bonchev–Trinajstić information content (AvgIpc) is 2.46. The predicted molar refractivity (Wildman–Crippen MR) is 43.2 cm³/mol. The largest absolute Gasteiger partial charge is 0.481 e. The molecule has 0 spiro atoms. The van der Waals surface area contributed by atoms with Crippen LogP contribution < -0.4 is 0 Å². The minimum Gasteiger partial charge on any atom is -0.481 e. The van der Waals surface area contributed by atoms with E-state index in [0.717, 1.165) is 5.71 Å². The highest BCUT2D eigenvalue weighted by molar-refractivity contribution is 5.97. The maximum absolute atomic E-state index is 10.4. The Hall–Kier alpha value is -1.72. The zero-order valence-electron chi connectivity index (χ0n) is 6.79. The molecular weight excluding hydrogens is 172 g/mol. The number of nitrogens with zero attached hydrogens (tertiary/aromatic N) is 4. The van der Waals surface area contributed by atoms with Crippen molar-refractivity contribution in [2.45, 2.75) is 12.8 Å². The monoisotopic (exact) mass is 180 g/mol. The van der Waals surface area contributed by atoms with Crippen molar-refractivity contribution in [3.05, 3.63) is 12.7 Å². The number of hydrogen-bond acceptors (Lipinski definition) is 4. The van der Waals surface area contributed by atoms with Gasteiger partial charge in [-0.2, -0.15) is 5.10 Å². The summed E-state index contributed by atoms with van der Waals surface area (Å²) in [5, 5.41) is 19.8. The molecule has 0 radical (unpaired) electrons. The van der Waals surface area contributed by atoms with Gasteiger partial charge >= 0.3 is 5.97 Å². The van der Waals surface area contributed by atoms with Gasteiger partial charge in [0.1, 0.15) is 12.7 Å². The van der Waals surface area contributed by atoms with Crippen molar-refractivity contribution in [1.29, 1.82) is 0 Å². The molecule has 0 saturated heterocycles. The highest BCUT2D eigenvalue weighted by Crippen LogP contribution is 2.24. The average molecular weight is 180 g/mol. The van der Waals surface area contributed by atoms with Crippen LogP contribution >= 0.6 is 0 Å². The summed E-state index contributed by atoms with van der Waals surface area (Å²) in [6.45, 7) is 0. The molecule has 68 valence electrons. The van der Waals surface area contributed by atoms with Gasteiger partial charge in [0, 0.05) is 18.6 Å². The summed E-state index contributed by atoms with van der Waals surface area (Å²) in [7, 11) is 0. The highest BCUT2D eigenvalue weighted by Gasteiger charge is 2.31. The van der Waals surface area contributed by atoms with E-state index in [2.05, 4.69) is 15.3 Å². The molecule has 1 aromatic heterocycles. The summed E-state index contributed by atoms with van der Waals surface area (Å²) in [5.41, 5.74) is 0.882. The van der Waals surface area contributed by atoms with Crippen molar-refractivity contribution in [3.8, 4) is 0 Å². The Morgan fingerprint density at radius 3 is 2.69 bits per heavy atom. The Labute approximate surface area is 73.9 Å². The van der Waals surface area contributed by atoms with E-state index in [1.807, 2.05) is 0 Å². The first-order chi connectivity index (χ1) is 6.25. The molecule has 0 aliphatic heterocycles. The Kier molecular flexibility index (Phi) is 1.80. The van der Waals surface area contributed by atoms with Crippen LogP contribution in [0.1, 0.15) is 12.8 Å². The van der Waals surface area contributed by atoms with Gasteiger partial charge in [0.05, 0.1) is 5.92 Å². The molecule has 6 heteroatoms. The van der Waals surface area contributed by atoms with E-state index in [9.17, 15) is 4.79 Å². The zero-order chi connectivity index (χ0) is 9.26. The van der Waals surface area contributed by atoms with Gasteiger partial charge in [-0.1, -0.05) is 0 Å². The minimum atomic E-state index is -0.747. The molecular formula is C7H8N4O2. The van der Waals surface area contributed by atoms with Crippen molar-refractivity contribution in [2.24, 2.45) is 11.0 Å². The van der Waals surface area contributed by atoms with E-state index in [4.69, 9.17) is 5.11 Å². The first-order valence-electron chi connectivity index (χ1n) is 3.90. The SMILES string of the molecule is O=C(O)C1CC(=Nn2cnnc2)C1. The normalized spacial score (nSPS) is 20.9. The number of carbonyl (C=O) groups is 1. The smallest absolute Gasteiger partial charge is 0.307 e. The molecule has 2 rings (SSSR count). The molecule has 13 heavy (non-hydrogen) atoms. The van der Waals surface area contributed by atoms with Crippen LogP contribution in [0.25, 0.3) is 0 Å². The lowest BCUT2D eigenvalue weighted by Crippen LogP contribution is -2.30. The number of aromatic nitrogens is 3. The molecule has 0 bridgehead atoms. The molecule has 1 aromatic rings. The van der Waals surface area contributed by atoms with Gasteiger partial charge in [-0.05, 0) is 0 Å². The molecule has 6 nitrogen and oxygen atoms in total.